The average Bonchev–Trinajstić information content (AvgIpc) is 3.13. The SMILES string of the molecule is Cc1noc(C2CN(Cc3cccnc3)Cc3ccnn3C2)n1. The van der Waals surface area contributed by atoms with Crippen molar-refractivity contribution in [3.05, 3.63) is 59.8 Å². The van der Waals surface area contributed by atoms with Crippen LogP contribution in [-0.2, 0) is 19.6 Å². The molecule has 3 aromatic heterocycles. The van der Waals surface area contributed by atoms with Gasteiger partial charge in [0.2, 0.25) is 5.89 Å². The summed E-state index contributed by atoms with van der Waals surface area (Å²) in [6, 6.07) is 6.13. The Kier molecular flexibility index (Phi) is 3.63. The van der Waals surface area contributed by atoms with Gasteiger partial charge in [-0.15, -0.1) is 0 Å². The van der Waals surface area contributed by atoms with E-state index in [0.29, 0.717) is 11.7 Å². The molecule has 1 aliphatic heterocycles. The fourth-order valence-corrected chi connectivity index (χ4v) is 3.04. The van der Waals surface area contributed by atoms with Crippen molar-refractivity contribution in [1.82, 2.24) is 29.8 Å². The van der Waals surface area contributed by atoms with E-state index >= 15 is 0 Å². The van der Waals surface area contributed by atoms with E-state index in [4.69, 9.17) is 4.52 Å². The number of nitrogens with zero attached hydrogens (tertiary/aromatic N) is 6. The quantitative estimate of drug-likeness (QED) is 0.734. The van der Waals surface area contributed by atoms with E-state index in [9.17, 15) is 0 Å². The van der Waals surface area contributed by atoms with E-state index in [0.717, 1.165) is 26.2 Å². The zero-order valence-corrected chi connectivity index (χ0v) is 13.0. The molecule has 0 N–H and O–H groups in total. The Hall–Kier alpha value is -2.54. The fourth-order valence-electron chi connectivity index (χ4n) is 3.04. The highest BCUT2D eigenvalue weighted by Crippen LogP contribution is 2.24. The molecule has 7 nitrogen and oxygen atoms in total. The van der Waals surface area contributed by atoms with Crippen LogP contribution in [0.25, 0.3) is 0 Å². The molecule has 1 atom stereocenters. The Labute approximate surface area is 134 Å². The molecule has 0 radical (unpaired) electrons. The van der Waals surface area contributed by atoms with Crippen LogP contribution >= 0.6 is 0 Å². The van der Waals surface area contributed by atoms with Crippen LogP contribution in [0.1, 0.15) is 28.9 Å². The lowest BCUT2D eigenvalue weighted by atomic mass is 10.1. The molecule has 0 saturated carbocycles. The van der Waals surface area contributed by atoms with Crippen LogP contribution in [0.5, 0.6) is 0 Å². The fraction of sp³-hybridized carbons (Fsp3) is 0.375. The molecule has 1 aliphatic rings. The first-order chi connectivity index (χ1) is 11.3. The highest BCUT2D eigenvalue weighted by Gasteiger charge is 2.27. The number of aryl methyl sites for hydroxylation is 1. The minimum atomic E-state index is 0.133. The first-order valence-corrected chi connectivity index (χ1v) is 7.70. The molecule has 4 heterocycles. The molecule has 0 saturated heterocycles. The van der Waals surface area contributed by atoms with Crippen LogP contribution in [0.2, 0.25) is 0 Å². The van der Waals surface area contributed by atoms with Crippen LogP contribution in [0.4, 0.5) is 0 Å². The summed E-state index contributed by atoms with van der Waals surface area (Å²) in [5, 5.41) is 8.36. The standard InChI is InChI=1S/C16H18N6O/c1-12-19-16(23-20-12)14-9-21(8-13-3-2-5-17-7-13)11-15-4-6-18-22(15)10-14/h2-7,14H,8-11H2,1H3. The minimum absolute atomic E-state index is 0.133. The molecule has 0 spiro atoms. The summed E-state index contributed by atoms with van der Waals surface area (Å²) in [4.78, 5) is 11.0. The monoisotopic (exact) mass is 310 g/mol. The third kappa shape index (κ3) is 3.00. The Balaban J connectivity index is 1.62. The first kappa shape index (κ1) is 14.1. The van der Waals surface area contributed by atoms with E-state index in [1.54, 1.807) is 6.20 Å². The molecule has 4 rings (SSSR count). The second-order valence-corrected chi connectivity index (χ2v) is 5.91. The summed E-state index contributed by atoms with van der Waals surface area (Å²) in [5.74, 6) is 1.49. The van der Waals surface area contributed by atoms with Gasteiger partial charge in [-0.05, 0) is 24.6 Å². The third-order valence-corrected chi connectivity index (χ3v) is 4.08. The molecule has 0 aromatic carbocycles. The minimum Gasteiger partial charge on any atom is -0.339 e. The van der Waals surface area contributed by atoms with Gasteiger partial charge in [0.05, 0.1) is 18.2 Å². The van der Waals surface area contributed by atoms with Crippen molar-refractivity contribution in [3.8, 4) is 0 Å². The van der Waals surface area contributed by atoms with Crippen molar-refractivity contribution in [2.75, 3.05) is 6.54 Å². The summed E-state index contributed by atoms with van der Waals surface area (Å²) in [5.41, 5.74) is 2.40. The molecule has 0 fully saturated rings. The normalized spacial score (nSPS) is 18.6. The van der Waals surface area contributed by atoms with Crippen LogP contribution in [0.3, 0.4) is 0 Å². The maximum absolute atomic E-state index is 5.41. The molecule has 118 valence electrons. The number of fused-ring (bicyclic) bond motifs is 1. The van der Waals surface area contributed by atoms with Gasteiger partial charge in [0.1, 0.15) is 0 Å². The Morgan fingerprint density at radius 1 is 1.26 bits per heavy atom. The number of aromatic nitrogens is 5. The van der Waals surface area contributed by atoms with E-state index in [2.05, 4.69) is 37.3 Å². The second-order valence-electron chi connectivity index (χ2n) is 5.91. The number of pyridine rings is 1. The maximum Gasteiger partial charge on any atom is 0.232 e. The molecule has 3 aromatic rings. The topological polar surface area (TPSA) is 72.9 Å². The lowest BCUT2D eigenvalue weighted by molar-refractivity contribution is 0.226. The maximum atomic E-state index is 5.41. The van der Waals surface area contributed by atoms with Crippen molar-refractivity contribution >= 4 is 0 Å². The highest BCUT2D eigenvalue weighted by atomic mass is 16.5. The zero-order valence-electron chi connectivity index (χ0n) is 13.0. The van der Waals surface area contributed by atoms with Gasteiger partial charge in [0, 0.05) is 38.2 Å². The van der Waals surface area contributed by atoms with E-state index < -0.39 is 0 Å². The van der Waals surface area contributed by atoms with Gasteiger partial charge >= 0.3 is 0 Å². The van der Waals surface area contributed by atoms with Crippen LogP contribution in [-0.4, -0.2) is 36.3 Å². The number of hydrogen-bond donors (Lipinski definition) is 0. The smallest absolute Gasteiger partial charge is 0.232 e. The highest BCUT2D eigenvalue weighted by molar-refractivity contribution is 5.11. The Morgan fingerprint density at radius 3 is 3.00 bits per heavy atom. The van der Waals surface area contributed by atoms with Gasteiger partial charge in [0.15, 0.2) is 5.82 Å². The average molecular weight is 310 g/mol. The molecular formula is C16H18N6O. The van der Waals surface area contributed by atoms with Crippen LogP contribution < -0.4 is 0 Å². The summed E-state index contributed by atoms with van der Waals surface area (Å²) >= 11 is 0. The lowest BCUT2D eigenvalue weighted by Crippen LogP contribution is -2.27. The van der Waals surface area contributed by atoms with Crippen molar-refractivity contribution in [2.24, 2.45) is 0 Å². The third-order valence-electron chi connectivity index (χ3n) is 4.08. The predicted octanol–water partition coefficient (Wildman–Crippen LogP) is 1.77. The van der Waals surface area contributed by atoms with Crippen LogP contribution in [0.15, 0.2) is 41.3 Å². The van der Waals surface area contributed by atoms with Gasteiger partial charge in [-0.25, -0.2) is 0 Å². The summed E-state index contributed by atoms with van der Waals surface area (Å²) in [6.07, 6.45) is 5.55. The van der Waals surface area contributed by atoms with Crippen molar-refractivity contribution in [2.45, 2.75) is 32.5 Å². The summed E-state index contributed by atoms with van der Waals surface area (Å²) in [6.45, 7) is 5.13. The zero-order chi connectivity index (χ0) is 15.6. The van der Waals surface area contributed by atoms with Gasteiger partial charge in [-0.2, -0.15) is 10.1 Å². The molecule has 0 aliphatic carbocycles. The van der Waals surface area contributed by atoms with E-state index in [1.165, 1.54) is 11.3 Å². The molecule has 0 bridgehead atoms. The molecule has 23 heavy (non-hydrogen) atoms. The molecule has 0 amide bonds. The first-order valence-electron chi connectivity index (χ1n) is 7.70. The van der Waals surface area contributed by atoms with Crippen LogP contribution in [0, 0.1) is 6.92 Å². The molecule has 1 unspecified atom stereocenters. The summed E-state index contributed by atoms with van der Waals surface area (Å²) in [7, 11) is 0. The summed E-state index contributed by atoms with van der Waals surface area (Å²) < 4.78 is 7.44. The molecular weight excluding hydrogens is 292 g/mol. The predicted molar refractivity (Wildman–Crippen MR) is 82.4 cm³/mol. The van der Waals surface area contributed by atoms with Crippen molar-refractivity contribution in [1.29, 1.82) is 0 Å². The van der Waals surface area contributed by atoms with Gasteiger partial charge in [0.25, 0.3) is 0 Å². The van der Waals surface area contributed by atoms with E-state index in [1.807, 2.05) is 30.1 Å². The molecule has 7 heteroatoms. The second kappa shape index (κ2) is 5.92. The van der Waals surface area contributed by atoms with Gasteiger partial charge < -0.3 is 4.52 Å². The lowest BCUT2D eigenvalue weighted by Gasteiger charge is -2.22. The Morgan fingerprint density at radius 2 is 2.22 bits per heavy atom. The Bertz CT molecular complexity index is 781. The number of rotatable bonds is 3. The number of hydrogen-bond acceptors (Lipinski definition) is 6. The van der Waals surface area contributed by atoms with Crippen molar-refractivity contribution < 1.29 is 4.52 Å². The van der Waals surface area contributed by atoms with Crippen molar-refractivity contribution in [3.63, 3.8) is 0 Å². The van der Waals surface area contributed by atoms with Gasteiger partial charge in [-0.1, -0.05) is 11.2 Å². The largest absolute Gasteiger partial charge is 0.339 e. The van der Waals surface area contributed by atoms with Gasteiger partial charge in [-0.3, -0.25) is 14.6 Å². The van der Waals surface area contributed by atoms with E-state index in [-0.39, 0.29) is 5.92 Å².